The van der Waals surface area contributed by atoms with Crippen molar-refractivity contribution < 1.29 is 29.6 Å². The van der Waals surface area contributed by atoms with E-state index in [1.165, 1.54) is 16.5 Å². The predicted molar refractivity (Wildman–Crippen MR) is 169 cm³/mol. The summed E-state index contributed by atoms with van der Waals surface area (Å²) in [6.45, 7) is 4.65. The fraction of sp³-hybridized carbons (Fsp3) is 0.324. The molecule has 5 rings (SSSR count). The van der Waals surface area contributed by atoms with Crippen molar-refractivity contribution in [1.82, 2.24) is 0 Å². The van der Waals surface area contributed by atoms with Crippen LogP contribution in [0.25, 0.3) is 21.2 Å². The maximum atomic E-state index is 11.2. The highest BCUT2D eigenvalue weighted by Crippen LogP contribution is 2.39. The van der Waals surface area contributed by atoms with Crippen LogP contribution in [0.5, 0.6) is 11.5 Å². The monoisotopic (exact) mass is 602 g/mol. The lowest BCUT2D eigenvalue weighted by Crippen LogP contribution is -2.34. The van der Waals surface area contributed by atoms with Gasteiger partial charge < -0.3 is 24.8 Å². The third kappa shape index (κ3) is 7.47. The van der Waals surface area contributed by atoms with Crippen LogP contribution in [0.2, 0.25) is 0 Å². The van der Waals surface area contributed by atoms with Crippen LogP contribution >= 0.6 is 23.1 Å². The summed E-state index contributed by atoms with van der Waals surface area (Å²) in [4.78, 5) is 11.2. The summed E-state index contributed by atoms with van der Waals surface area (Å²) in [5.74, 6) is 7.00. The second-order valence-electron chi connectivity index (χ2n) is 10.6. The lowest BCUT2D eigenvalue weighted by molar-refractivity contribution is -0.137. The Hall–Kier alpha value is -3.48. The molecule has 1 aliphatic heterocycles. The summed E-state index contributed by atoms with van der Waals surface area (Å²) in [5.41, 5.74) is 5.25. The maximum Gasteiger partial charge on any atom is 0.304 e. The SMILES string of the molecule is CC#CC(CC(=O)O)c1ccc(COc2ccc3scc(-c4ccc(OCC5CCSC(O)(O)C5)cc4C)c3c2)cc1. The van der Waals surface area contributed by atoms with Gasteiger partial charge in [-0.2, -0.15) is 0 Å². The predicted octanol–water partition coefficient (Wildman–Crippen LogP) is 7.20. The molecule has 0 radical (unpaired) electrons. The average molecular weight is 603 g/mol. The zero-order valence-electron chi connectivity index (χ0n) is 23.6. The van der Waals surface area contributed by atoms with Crippen molar-refractivity contribution in [3.8, 4) is 34.5 Å². The molecule has 0 bridgehead atoms. The minimum Gasteiger partial charge on any atom is -0.493 e. The molecule has 2 unspecified atom stereocenters. The van der Waals surface area contributed by atoms with E-state index in [0.717, 1.165) is 51.1 Å². The summed E-state index contributed by atoms with van der Waals surface area (Å²) in [6.07, 6.45) is 1.19. The largest absolute Gasteiger partial charge is 0.493 e. The average Bonchev–Trinajstić information content (AvgIpc) is 3.37. The number of aliphatic hydroxyl groups is 2. The van der Waals surface area contributed by atoms with Gasteiger partial charge in [0.15, 0.2) is 0 Å². The first-order chi connectivity index (χ1) is 20.2. The molecule has 0 amide bonds. The van der Waals surface area contributed by atoms with Crippen molar-refractivity contribution >= 4 is 39.2 Å². The van der Waals surface area contributed by atoms with Gasteiger partial charge in [-0.3, -0.25) is 4.79 Å². The van der Waals surface area contributed by atoms with E-state index < -0.39 is 11.1 Å². The molecule has 0 saturated carbocycles. The van der Waals surface area contributed by atoms with E-state index in [0.29, 0.717) is 25.4 Å². The maximum absolute atomic E-state index is 11.2. The van der Waals surface area contributed by atoms with Gasteiger partial charge in [-0.1, -0.05) is 48.0 Å². The number of rotatable bonds is 10. The van der Waals surface area contributed by atoms with E-state index in [1.807, 2.05) is 42.5 Å². The number of carboxylic acids is 1. The first-order valence-electron chi connectivity index (χ1n) is 13.9. The molecule has 3 aromatic carbocycles. The molecule has 42 heavy (non-hydrogen) atoms. The second kappa shape index (κ2) is 13.2. The molecular weight excluding hydrogens is 569 g/mol. The first kappa shape index (κ1) is 30.0. The van der Waals surface area contributed by atoms with Gasteiger partial charge in [-0.25, -0.2) is 0 Å². The fourth-order valence-electron chi connectivity index (χ4n) is 5.23. The second-order valence-corrected chi connectivity index (χ2v) is 12.9. The topological polar surface area (TPSA) is 96.2 Å². The number of benzene rings is 3. The number of thiophene rings is 1. The lowest BCUT2D eigenvalue weighted by atomic mass is 9.95. The molecular formula is C34H34O6S2. The van der Waals surface area contributed by atoms with Gasteiger partial charge in [0.05, 0.1) is 18.9 Å². The first-order valence-corrected chi connectivity index (χ1v) is 15.8. The van der Waals surface area contributed by atoms with Gasteiger partial charge in [0.25, 0.3) is 0 Å². The minimum absolute atomic E-state index is 0.0233. The van der Waals surface area contributed by atoms with Crippen LogP contribution in [0.1, 0.15) is 48.8 Å². The smallest absolute Gasteiger partial charge is 0.304 e. The van der Waals surface area contributed by atoms with Crippen molar-refractivity contribution in [3.63, 3.8) is 0 Å². The summed E-state index contributed by atoms with van der Waals surface area (Å²) >= 11 is 2.88. The van der Waals surface area contributed by atoms with Crippen LogP contribution in [0, 0.1) is 24.7 Å². The standard InChI is InChI=1S/C34H34O6S2/c1-3-4-26(16-33(35)36)25-7-5-23(6-8-25)19-39-28-10-12-32-30(17-28)31(21-41-32)29-11-9-27(15-22(29)2)40-20-24-13-14-42-34(37,38)18-24/h5-12,15,17,21,24,26,37-38H,13-14,16,18-20H2,1-2H3,(H,35,36). The molecule has 3 N–H and O–H groups in total. The van der Waals surface area contributed by atoms with E-state index in [9.17, 15) is 20.1 Å². The molecule has 0 aliphatic carbocycles. The van der Waals surface area contributed by atoms with Crippen LogP contribution in [-0.4, -0.2) is 38.8 Å². The quantitative estimate of drug-likeness (QED) is 0.131. The number of aryl methyl sites for hydroxylation is 1. The molecule has 8 heteroatoms. The van der Waals surface area contributed by atoms with Crippen LogP contribution in [0.15, 0.2) is 66.0 Å². The number of hydrogen-bond acceptors (Lipinski definition) is 7. The van der Waals surface area contributed by atoms with Crippen LogP contribution < -0.4 is 9.47 Å². The van der Waals surface area contributed by atoms with E-state index >= 15 is 0 Å². The molecule has 6 nitrogen and oxygen atoms in total. The third-order valence-electron chi connectivity index (χ3n) is 7.42. The summed E-state index contributed by atoms with van der Waals surface area (Å²) in [5, 5.41) is 30.7. The van der Waals surface area contributed by atoms with Gasteiger partial charge in [0.2, 0.25) is 5.12 Å². The molecule has 1 fully saturated rings. The van der Waals surface area contributed by atoms with Crippen molar-refractivity contribution in [2.24, 2.45) is 5.92 Å². The number of ether oxygens (including phenoxy) is 2. The van der Waals surface area contributed by atoms with Gasteiger partial charge in [-0.05, 0) is 89.9 Å². The van der Waals surface area contributed by atoms with Gasteiger partial charge >= 0.3 is 5.97 Å². The van der Waals surface area contributed by atoms with Crippen LogP contribution in [0.4, 0.5) is 0 Å². The van der Waals surface area contributed by atoms with Crippen molar-refractivity contribution in [2.45, 2.75) is 50.8 Å². The molecule has 1 aliphatic rings. The summed E-state index contributed by atoms with van der Waals surface area (Å²) in [6, 6.07) is 20.0. The molecule has 1 aromatic heterocycles. The van der Waals surface area contributed by atoms with Crippen LogP contribution in [-0.2, 0) is 11.4 Å². The Labute approximate surface area is 254 Å². The Bertz CT molecular complexity index is 1610. The number of carbonyl (C=O) groups is 1. The van der Waals surface area contributed by atoms with Gasteiger partial charge in [0.1, 0.15) is 18.1 Å². The van der Waals surface area contributed by atoms with E-state index in [-0.39, 0.29) is 18.3 Å². The Balaban J connectivity index is 1.25. The zero-order chi connectivity index (χ0) is 29.7. The highest BCUT2D eigenvalue weighted by Gasteiger charge is 2.33. The molecule has 218 valence electrons. The number of thioether (sulfide) groups is 1. The van der Waals surface area contributed by atoms with E-state index in [4.69, 9.17) is 9.47 Å². The van der Waals surface area contributed by atoms with E-state index in [2.05, 4.69) is 42.3 Å². The number of carboxylic acid groups (broad SMARTS) is 1. The Morgan fingerprint density at radius 3 is 2.52 bits per heavy atom. The number of fused-ring (bicyclic) bond motifs is 1. The fourth-order valence-corrected chi connectivity index (χ4v) is 7.30. The van der Waals surface area contributed by atoms with Crippen molar-refractivity contribution in [1.29, 1.82) is 0 Å². The van der Waals surface area contributed by atoms with Crippen molar-refractivity contribution in [2.75, 3.05) is 12.4 Å². The highest BCUT2D eigenvalue weighted by atomic mass is 32.2. The van der Waals surface area contributed by atoms with E-state index in [1.54, 1.807) is 18.3 Å². The summed E-state index contributed by atoms with van der Waals surface area (Å²) < 4.78 is 13.4. The third-order valence-corrected chi connectivity index (χ3v) is 9.45. The van der Waals surface area contributed by atoms with Crippen molar-refractivity contribution in [3.05, 3.63) is 82.7 Å². The molecule has 4 aromatic rings. The Kier molecular flexibility index (Phi) is 9.44. The lowest BCUT2D eigenvalue weighted by Gasteiger charge is -2.31. The Morgan fingerprint density at radius 2 is 1.81 bits per heavy atom. The molecule has 2 atom stereocenters. The van der Waals surface area contributed by atoms with Crippen LogP contribution in [0.3, 0.4) is 0 Å². The summed E-state index contributed by atoms with van der Waals surface area (Å²) in [7, 11) is 0. The number of aliphatic carboxylic acids is 1. The normalized spacial score (nSPS) is 16.8. The molecule has 0 spiro atoms. The number of hydrogen-bond donors (Lipinski definition) is 3. The Morgan fingerprint density at radius 1 is 1.05 bits per heavy atom. The molecule has 2 heterocycles. The minimum atomic E-state index is -1.66. The van der Waals surface area contributed by atoms with Gasteiger partial charge in [-0.15, -0.1) is 17.3 Å². The zero-order valence-corrected chi connectivity index (χ0v) is 25.3. The highest BCUT2D eigenvalue weighted by molar-refractivity contribution is 8.00. The van der Waals surface area contributed by atoms with Gasteiger partial charge in [0, 0.05) is 22.1 Å². The molecule has 1 saturated heterocycles.